The Morgan fingerprint density at radius 1 is 0.429 bits per heavy atom. The van der Waals surface area contributed by atoms with Gasteiger partial charge in [-0.25, -0.2) is 8.78 Å². The molecule has 0 aromatic heterocycles. The van der Waals surface area contributed by atoms with Gasteiger partial charge in [0.1, 0.15) is 6.10 Å². The molecule has 0 saturated heterocycles. The highest BCUT2D eigenvalue weighted by Gasteiger charge is 2.99. The van der Waals surface area contributed by atoms with Crippen molar-refractivity contribution in [2.24, 2.45) is 0 Å². The van der Waals surface area contributed by atoms with Gasteiger partial charge in [0, 0.05) is 0 Å². The normalized spacial score (nSPS) is 17.2. The molecule has 0 bridgehead atoms. The van der Waals surface area contributed by atoms with E-state index in [-0.39, 0.29) is 0 Å². The number of hydrogen-bond donors (Lipinski definition) is 2. The molecule has 1 unspecified atom stereocenters. The Bertz CT molecular complexity index is 941. The third-order valence-electron chi connectivity index (χ3n) is 4.88. The van der Waals surface area contributed by atoms with Crippen molar-refractivity contribution in [3.63, 3.8) is 0 Å². The summed E-state index contributed by atoms with van der Waals surface area (Å²) in [5.74, 6) is -90.4. The van der Waals surface area contributed by atoms with E-state index in [1.165, 1.54) is 0 Å². The molecule has 2 N–H and O–H groups in total. The summed E-state index contributed by atoms with van der Waals surface area (Å²) < 4.78 is 321. The Hall–Kier alpha value is -1.80. The SMILES string of the molecule is OCC(O)COC(F)(F)C(F)(F)C(F)(F)C(F)(F)C(F)(F)C(F)(F)C(F)(F)C(F)(F)C(F)(F)C(F)(F)C(F)(F)C(F)F. The van der Waals surface area contributed by atoms with Crippen molar-refractivity contribution in [2.45, 2.75) is 77.9 Å². The van der Waals surface area contributed by atoms with E-state index in [2.05, 4.69) is 4.74 Å². The minimum Gasteiger partial charge on any atom is -0.394 e. The molecule has 27 heteroatoms. The van der Waals surface area contributed by atoms with E-state index < -0.39 is 91.1 Å². The predicted molar refractivity (Wildman–Crippen MR) is 79.5 cm³/mol. The number of halogens is 24. The van der Waals surface area contributed by atoms with E-state index in [0.29, 0.717) is 0 Å². The molecule has 0 rings (SSSR count). The maximum Gasteiger partial charge on any atom is 0.426 e. The molecule has 254 valence electrons. The molecule has 0 fully saturated rings. The molecule has 0 aromatic carbocycles. The smallest absolute Gasteiger partial charge is 0.394 e. The molecular formula is C15H8F24O3. The molecule has 0 saturated carbocycles. The first-order valence-corrected chi connectivity index (χ1v) is 9.27. The van der Waals surface area contributed by atoms with Crippen LogP contribution in [0, 0.1) is 0 Å². The van der Waals surface area contributed by atoms with E-state index in [1.807, 2.05) is 0 Å². The molecule has 0 aromatic rings. The second-order valence-corrected chi connectivity index (χ2v) is 7.76. The highest BCUT2D eigenvalue weighted by atomic mass is 19.4. The van der Waals surface area contributed by atoms with Crippen LogP contribution in [0.3, 0.4) is 0 Å². The van der Waals surface area contributed by atoms with Crippen LogP contribution in [0.2, 0.25) is 0 Å². The lowest BCUT2D eigenvalue weighted by molar-refractivity contribution is -0.486. The van der Waals surface area contributed by atoms with Crippen molar-refractivity contribution in [2.75, 3.05) is 13.2 Å². The molecule has 0 aliphatic carbocycles. The highest BCUT2D eigenvalue weighted by Crippen LogP contribution is 2.67. The lowest BCUT2D eigenvalue weighted by atomic mass is 9.85. The summed E-state index contributed by atoms with van der Waals surface area (Å²) in [6, 6.07) is 0. The molecule has 0 amide bonds. The molecular weight excluding hydrogens is 684 g/mol. The number of hydrogen-bond acceptors (Lipinski definition) is 3. The molecule has 1 atom stereocenters. The Labute approximate surface area is 213 Å². The molecule has 42 heavy (non-hydrogen) atoms. The van der Waals surface area contributed by atoms with Crippen molar-refractivity contribution >= 4 is 0 Å². The van der Waals surface area contributed by atoms with Crippen LogP contribution in [0.1, 0.15) is 0 Å². The fourth-order valence-electron chi connectivity index (χ4n) is 2.25. The van der Waals surface area contributed by atoms with Crippen molar-refractivity contribution in [1.82, 2.24) is 0 Å². The maximum atomic E-state index is 13.6. The minimum atomic E-state index is -9.55. The van der Waals surface area contributed by atoms with Crippen LogP contribution in [0.25, 0.3) is 0 Å². The van der Waals surface area contributed by atoms with Crippen molar-refractivity contribution < 1.29 is 120 Å². The van der Waals surface area contributed by atoms with Gasteiger partial charge in [-0.2, -0.15) is 96.6 Å². The van der Waals surface area contributed by atoms with E-state index in [1.54, 1.807) is 0 Å². The van der Waals surface area contributed by atoms with E-state index in [4.69, 9.17) is 10.2 Å². The van der Waals surface area contributed by atoms with Crippen LogP contribution in [0.5, 0.6) is 0 Å². The first-order valence-electron chi connectivity index (χ1n) is 9.27. The lowest BCUT2D eigenvalue weighted by Crippen LogP contribution is -2.78. The summed E-state index contributed by atoms with van der Waals surface area (Å²) in [4.78, 5) is 0. The highest BCUT2D eigenvalue weighted by molar-refractivity contribution is 5.19. The zero-order valence-electron chi connectivity index (χ0n) is 18.4. The van der Waals surface area contributed by atoms with Crippen LogP contribution in [-0.4, -0.2) is 101 Å². The molecule has 0 aliphatic rings. The zero-order valence-corrected chi connectivity index (χ0v) is 18.4. The van der Waals surface area contributed by atoms with Crippen LogP contribution < -0.4 is 0 Å². The summed E-state index contributed by atoms with van der Waals surface area (Å²) in [5, 5.41) is 16.8. The predicted octanol–water partition coefficient (Wildman–Crippen LogP) is 6.57. The van der Waals surface area contributed by atoms with Crippen LogP contribution in [0.15, 0.2) is 0 Å². The van der Waals surface area contributed by atoms with Crippen molar-refractivity contribution in [1.29, 1.82) is 0 Å². The summed E-state index contributed by atoms with van der Waals surface area (Å²) >= 11 is 0. The van der Waals surface area contributed by atoms with Gasteiger partial charge in [-0.3, -0.25) is 0 Å². The molecule has 0 radical (unpaired) electrons. The summed E-state index contributed by atoms with van der Waals surface area (Å²) in [6.45, 7) is -4.29. The van der Waals surface area contributed by atoms with Crippen LogP contribution >= 0.6 is 0 Å². The average molecular weight is 692 g/mol. The largest absolute Gasteiger partial charge is 0.426 e. The number of aliphatic hydroxyl groups excluding tert-OH is 2. The van der Waals surface area contributed by atoms with E-state index in [0.717, 1.165) is 0 Å². The lowest BCUT2D eigenvalue weighted by Gasteiger charge is -2.45. The van der Waals surface area contributed by atoms with Gasteiger partial charge >= 0.3 is 71.8 Å². The summed E-state index contributed by atoms with van der Waals surface area (Å²) in [6.07, 6.45) is -16.5. The average Bonchev–Trinajstić information content (AvgIpc) is 2.80. The minimum absolute atomic E-state index is 1.78. The molecule has 3 nitrogen and oxygen atoms in total. The van der Waals surface area contributed by atoms with E-state index in [9.17, 15) is 105 Å². The summed E-state index contributed by atoms with van der Waals surface area (Å²) in [5.41, 5.74) is 0. The number of ether oxygens (including phenoxy) is 1. The number of rotatable bonds is 15. The van der Waals surface area contributed by atoms with Gasteiger partial charge in [-0.05, 0) is 0 Å². The first-order chi connectivity index (χ1) is 17.9. The van der Waals surface area contributed by atoms with Crippen molar-refractivity contribution in [3.8, 4) is 0 Å². The molecule has 0 heterocycles. The topological polar surface area (TPSA) is 49.7 Å². The second kappa shape index (κ2) is 10.7. The first kappa shape index (κ1) is 40.2. The van der Waals surface area contributed by atoms with Gasteiger partial charge in [-0.1, -0.05) is 0 Å². The fraction of sp³-hybridized carbons (Fsp3) is 1.00. The molecule has 0 aliphatic heterocycles. The van der Waals surface area contributed by atoms with E-state index >= 15 is 0 Å². The fourth-order valence-corrected chi connectivity index (χ4v) is 2.25. The Balaban J connectivity index is 7.15. The van der Waals surface area contributed by atoms with Gasteiger partial charge < -0.3 is 14.9 Å². The molecule has 0 spiro atoms. The standard InChI is InChI=1S/C15H8F24O3/c16-4(17)5(18,19)6(20,21)7(22,23)8(24,25)9(26,27)10(28,29)11(30,31)12(32,33)13(34,35)14(36,37)15(38,39)42-2-3(41)1-40/h3-4,40-41H,1-2H2. The number of alkyl halides is 24. The van der Waals surface area contributed by atoms with Crippen LogP contribution in [0.4, 0.5) is 105 Å². The van der Waals surface area contributed by atoms with Crippen LogP contribution in [-0.2, 0) is 4.74 Å². The zero-order chi connectivity index (χ0) is 34.8. The van der Waals surface area contributed by atoms with Gasteiger partial charge in [0.25, 0.3) is 0 Å². The quantitative estimate of drug-likeness (QED) is 0.191. The second-order valence-electron chi connectivity index (χ2n) is 7.76. The monoisotopic (exact) mass is 692 g/mol. The van der Waals surface area contributed by atoms with Crippen molar-refractivity contribution in [3.05, 3.63) is 0 Å². The summed E-state index contributed by atoms with van der Waals surface area (Å²) in [7, 11) is 0. The Kier molecular flexibility index (Phi) is 10.2. The van der Waals surface area contributed by atoms with Gasteiger partial charge in [0.2, 0.25) is 0 Å². The third kappa shape index (κ3) is 5.06. The Morgan fingerprint density at radius 2 is 0.667 bits per heavy atom. The van der Waals surface area contributed by atoms with Gasteiger partial charge in [0.15, 0.2) is 0 Å². The van der Waals surface area contributed by atoms with Gasteiger partial charge in [-0.15, -0.1) is 0 Å². The maximum absolute atomic E-state index is 13.6. The Morgan fingerprint density at radius 3 is 0.905 bits per heavy atom. The third-order valence-corrected chi connectivity index (χ3v) is 4.88. The van der Waals surface area contributed by atoms with Gasteiger partial charge in [0.05, 0.1) is 13.2 Å². The number of aliphatic hydroxyl groups is 2.